The van der Waals surface area contributed by atoms with Gasteiger partial charge in [0.2, 0.25) is 0 Å². The first-order chi connectivity index (χ1) is 7.16. The maximum absolute atomic E-state index is 12.4. The molecule has 0 aliphatic carbocycles. The van der Waals surface area contributed by atoms with E-state index in [9.17, 15) is 26.5 Å². The standard InChI is InChI=1S/C6H12F5O4PSi/c1-17(2,3)15-16(12,13)14-4-5(7,8)6(9,10)11/h4H2,1-3H3,(H,12,13). The average Bonchev–Trinajstić information content (AvgIpc) is 1.94. The monoisotopic (exact) mass is 302 g/mol. The van der Waals surface area contributed by atoms with Crippen LogP contribution >= 0.6 is 7.82 Å². The molecule has 0 aromatic carbocycles. The highest BCUT2D eigenvalue weighted by atomic mass is 31.2. The van der Waals surface area contributed by atoms with Crippen molar-refractivity contribution < 1.29 is 40.1 Å². The zero-order chi connectivity index (χ0) is 14.1. The molecule has 0 aromatic heterocycles. The number of alkyl halides is 5. The van der Waals surface area contributed by atoms with Crippen LogP contribution in [-0.2, 0) is 13.3 Å². The van der Waals surface area contributed by atoms with Gasteiger partial charge in [-0.15, -0.1) is 0 Å². The Kier molecular flexibility index (Phi) is 4.92. The van der Waals surface area contributed by atoms with Crippen LogP contribution in [-0.4, -0.2) is 31.9 Å². The van der Waals surface area contributed by atoms with Gasteiger partial charge in [0.05, 0.1) is 0 Å². The lowest BCUT2D eigenvalue weighted by Gasteiger charge is -2.24. The molecule has 11 heteroatoms. The van der Waals surface area contributed by atoms with Crippen LogP contribution in [0.25, 0.3) is 0 Å². The van der Waals surface area contributed by atoms with Gasteiger partial charge < -0.3 is 9.11 Å². The summed E-state index contributed by atoms with van der Waals surface area (Å²) in [4.78, 5) is 8.92. The van der Waals surface area contributed by atoms with Gasteiger partial charge >= 0.3 is 19.9 Å². The molecule has 4 nitrogen and oxygen atoms in total. The van der Waals surface area contributed by atoms with Crippen LogP contribution in [0.3, 0.4) is 0 Å². The van der Waals surface area contributed by atoms with E-state index >= 15 is 0 Å². The van der Waals surface area contributed by atoms with E-state index in [4.69, 9.17) is 4.89 Å². The van der Waals surface area contributed by atoms with E-state index in [0.29, 0.717) is 0 Å². The van der Waals surface area contributed by atoms with Gasteiger partial charge in [-0.2, -0.15) is 22.0 Å². The van der Waals surface area contributed by atoms with E-state index in [1.54, 1.807) is 0 Å². The molecule has 104 valence electrons. The van der Waals surface area contributed by atoms with Crippen LogP contribution in [0.15, 0.2) is 0 Å². The fraction of sp³-hybridized carbons (Fsp3) is 1.00. The highest BCUT2D eigenvalue weighted by molar-refractivity contribution is 7.49. The summed E-state index contributed by atoms with van der Waals surface area (Å²) >= 11 is 0. The van der Waals surface area contributed by atoms with Crippen molar-refractivity contribution in [1.82, 2.24) is 0 Å². The fourth-order valence-corrected chi connectivity index (χ4v) is 3.92. The smallest absolute Gasteiger partial charge is 0.330 e. The van der Waals surface area contributed by atoms with Crippen molar-refractivity contribution in [3.63, 3.8) is 0 Å². The molecular formula is C6H12F5O4PSi. The van der Waals surface area contributed by atoms with E-state index < -0.39 is 34.8 Å². The highest BCUT2D eigenvalue weighted by Gasteiger charge is 2.58. The minimum atomic E-state index is -5.84. The van der Waals surface area contributed by atoms with E-state index in [1.807, 2.05) is 0 Å². The van der Waals surface area contributed by atoms with Crippen LogP contribution in [0, 0.1) is 0 Å². The molecule has 0 aromatic rings. The quantitative estimate of drug-likeness (QED) is 0.481. The van der Waals surface area contributed by atoms with Crippen molar-refractivity contribution in [3.8, 4) is 0 Å². The van der Waals surface area contributed by atoms with Crippen LogP contribution in [0.5, 0.6) is 0 Å². The SMILES string of the molecule is C[Si](C)(C)OP(=O)(O)OCC(F)(F)C(F)(F)F. The second kappa shape index (κ2) is 4.92. The Balaban J connectivity index is 4.53. The summed E-state index contributed by atoms with van der Waals surface area (Å²) in [6, 6.07) is 0. The Morgan fingerprint density at radius 2 is 1.59 bits per heavy atom. The predicted molar refractivity (Wildman–Crippen MR) is 51.2 cm³/mol. The maximum atomic E-state index is 12.4. The molecule has 1 N–H and O–H groups in total. The molecular weight excluding hydrogens is 290 g/mol. The number of hydrogen-bond acceptors (Lipinski definition) is 3. The first-order valence-corrected chi connectivity index (χ1v) is 9.19. The summed E-state index contributed by atoms with van der Waals surface area (Å²) in [7, 11) is -7.50. The third-order valence-electron chi connectivity index (χ3n) is 1.21. The summed E-state index contributed by atoms with van der Waals surface area (Å²) < 4.78 is 79.0. The van der Waals surface area contributed by atoms with Crippen molar-refractivity contribution >= 4 is 16.1 Å². The molecule has 0 amide bonds. The van der Waals surface area contributed by atoms with Gasteiger partial charge in [-0.25, -0.2) is 4.57 Å². The number of hydrogen-bond donors (Lipinski definition) is 1. The molecule has 0 aliphatic heterocycles. The van der Waals surface area contributed by atoms with Gasteiger partial charge in [-0.1, -0.05) is 0 Å². The maximum Gasteiger partial charge on any atom is 0.462 e. The molecule has 1 unspecified atom stereocenters. The fourth-order valence-electron chi connectivity index (χ4n) is 0.617. The summed E-state index contributed by atoms with van der Waals surface area (Å²) in [5.41, 5.74) is 0. The molecule has 0 bridgehead atoms. The second-order valence-electron chi connectivity index (χ2n) is 4.15. The van der Waals surface area contributed by atoms with Gasteiger partial charge in [0, 0.05) is 0 Å². The first kappa shape index (κ1) is 17.0. The van der Waals surface area contributed by atoms with E-state index in [-0.39, 0.29) is 0 Å². The molecule has 0 saturated carbocycles. The minimum Gasteiger partial charge on any atom is -0.330 e. The van der Waals surface area contributed by atoms with E-state index in [0.717, 1.165) is 0 Å². The zero-order valence-corrected chi connectivity index (χ0v) is 11.1. The van der Waals surface area contributed by atoms with Crippen LogP contribution in [0.2, 0.25) is 19.6 Å². The topological polar surface area (TPSA) is 55.8 Å². The summed E-state index contributed by atoms with van der Waals surface area (Å²) in [6.07, 6.45) is -5.84. The Hall–Kier alpha value is -0.0231. The lowest BCUT2D eigenvalue weighted by molar-refractivity contribution is -0.290. The molecule has 1 atom stereocenters. The number of phosphoric ester groups is 1. The second-order valence-corrected chi connectivity index (χ2v) is 10.3. The number of rotatable bonds is 5. The number of halogens is 5. The molecule has 17 heavy (non-hydrogen) atoms. The lowest BCUT2D eigenvalue weighted by atomic mass is 10.3. The Morgan fingerprint density at radius 1 is 1.18 bits per heavy atom. The third kappa shape index (κ3) is 6.46. The van der Waals surface area contributed by atoms with E-state index in [1.165, 1.54) is 19.6 Å². The minimum absolute atomic E-state index is 1.45. The molecule has 0 saturated heterocycles. The van der Waals surface area contributed by atoms with Crippen molar-refractivity contribution in [2.75, 3.05) is 6.61 Å². The zero-order valence-electron chi connectivity index (χ0n) is 9.22. The molecule has 0 spiro atoms. The Labute approximate surface area is 95.5 Å². The largest absolute Gasteiger partial charge is 0.462 e. The predicted octanol–water partition coefficient (Wildman–Crippen LogP) is 3.15. The normalized spacial score (nSPS) is 17.9. The van der Waals surface area contributed by atoms with Crippen LogP contribution in [0.1, 0.15) is 0 Å². The van der Waals surface area contributed by atoms with E-state index in [2.05, 4.69) is 8.74 Å². The van der Waals surface area contributed by atoms with Crippen molar-refractivity contribution in [3.05, 3.63) is 0 Å². The summed E-state index contributed by atoms with van der Waals surface area (Å²) in [6.45, 7) is 2.08. The van der Waals surface area contributed by atoms with Crippen molar-refractivity contribution in [2.24, 2.45) is 0 Å². The Bertz CT molecular complexity index is 313. The highest BCUT2D eigenvalue weighted by Crippen LogP contribution is 2.48. The van der Waals surface area contributed by atoms with Gasteiger partial charge in [-0.3, -0.25) is 4.52 Å². The molecule has 0 radical (unpaired) electrons. The van der Waals surface area contributed by atoms with Crippen molar-refractivity contribution in [1.29, 1.82) is 0 Å². The molecule has 0 heterocycles. The van der Waals surface area contributed by atoms with Crippen molar-refractivity contribution in [2.45, 2.75) is 31.7 Å². The average molecular weight is 302 g/mol. The first-order valence-electron chi connectivity index (χ1n) is 4.29. The molecule has 0 fully saturated rings. The van der Waals surface area contributed by atoms with Gasteiger partial charge in [0.1, 0.15) is 6.61 Å². The van der Waals surface area contributed by atoms with Gasteiger partial charge in [0.15, 0.2) is 8.32 Å². The molecule has 0 aliphatic rings. The Morgan fingerprint density at radius 3 is 1.88 bits per heavy atom. The molecule has 0 rings (SSSR count). The number of phosphoric acid groups is 1. The van der Waals surface area contributed by atoms with Crippen LogP contribution < -0.4 is 0 Å². The van der Waals surface area contributed by atoms with Gasteiger partial charge in [0.25, 0.3) is 0 Å². The third-order valence-corrected chi connectivity index (χ3v) is 4.78. The lowest BCUT2D eigenvalue weighted by Crippen LogP contribution is -2.40. The van der Waals surface area contributed by atoms with Crippen LogP contribution in [0.4, 0.5) is 22.0 Å². The van der Waals surface area contributed by atoms with Gasteiger partial charge in [-0.05, 0) is 19.6 Å². The summed E-state index contributed by atoms with van der Waals surface area (Å²) in [5.74, 6) is -5.20. The summed E-state index contributed by atoms with van der Waals surface area (Å²) in [5, 5.41) is 0.